The molecule has 0 spiro atoms. The number of methoxy groups -OCH3 is 1. The molecular weight excluding hydrogens is 308 g/mol. The fourth-order valence-electron chi connectivity index (χ4n) is 2.15. The number of hydrogen-bond acceptors (Lipinski definition) is 5. The van der Waals surface area contributed by atoms with Gasteiger partial charge in [0.1, 0.15) is 11.6 Å². The highest BCUT2D eigenvalue weighted by Crippen LogP contribution is 2.14. The van der Waals surface area contributed by atoms with E-state index in [1.165, 1.54) is 0 Å². The predicted molar refractivity (Wildman–Crippen MR) is 91.4 cm³/mol. The smallest absolute Gasteiger partial charge is 0.320 e. The summed E-state index contributed by atoms with van der Waals surface area (Å²) in [6, 6.07) is 11.2. The Balaban J connectivity index is 1.69. The number of carbonyl (C=O) groups is 1. The van der Waals surface area contributed by atoms with Crippen LogP contribution in [0.4, 0.5) is 16.4 Å². The van der Waals surface area contributed by atoms with Crippen molar-refractivity contribution in [1.82, 2.24) is 19.9 Å². The Morgan fingerprint density at radius 1 is 1.17 bits per heavy atom. The number of nitrogens with one attached hydrogen (secondary N) is 3. The molecule has 0 aliphatic heterocycles. The highest BCUT2D eigenvalue weighted by molar-refractivity contribution is 5.88. The van der Waals surface area contributed by atoms with E-state index in [1.807, 2.05) is 36.4 Å². The number of imidazole rings is 1. The zero-order valence-corrected chi connectivity index (χ0v) is 13.4. The first kappa shape index (κ1) is 15.6. The van der Waals surface area contributed by atoms with Crippen molar-refractivity contribution in [2.75, 3.05) is 24.8 Å². The third-order valence-corrected chi connectivity index (χ3v) is 3.42. The summed E-state index contributed by atoms with van der Waals surface area (Å²) in [5.41, 5.74) is 1.77. The minimum absolute atomic E-state index is 0.323. The van der Waals surface area contributed by atoms with Crippen LogP contribution in [0.5, 0.6) is 5.75 Å². The molecule has 3 aromatic rings. The Hall–Kier alpha value is -3.29. The summed E-state index contributed by atoms with van der Waals surface area (Å²) in [6.07, 6.45) is 1.66. The third-order valence-electron chi connectivity index (χ3n) is 3.42. The average molecular weight is 326 g/mol. The number of fused-ring (bicyclic) bond motifs is 1. The molecule has 2 aromatic heterocycles. The van der Waals surface area contributed by atoms with Gasteiger partial charge in [0.05, 0.1) is 13.3 Å². The summed E-state index contributed by atoms with van der Waals surface area (Å²) < 4.78 is 6.75. The number of hydrogen-bond donors (Lipinski definition) is 3. The topological polar surface area (TPSA) is 92.6 Å². The first-order chi connectivity index (χ1) is 11.7. The molecule has 8 heteroatoms. The zero-order chi connectivity index (χ0) is 16.9. The molecule has 3 rings (SSSR count). The molecule has 124 valence electrons. The van der Waals surface area contributed by atoms with Crippen LogP contribution in [0.1, 0.15) is 5.56 Å². The molecule has 3 N–H and O–H groups in total. The van der Waals surface area contributed by atoms with Gasteiger partial charge in [0, 0.05) is 13.6 Å². The Morgan fingerprint density at radius 2 is 1.96 bits per heavy atom. The summed E-state index contributed by atoms with van der Waals surface area (Å²) in [5.74, 6) is 1.98. The van der Waals surface area contributed by atoms with Gasteiger partial charge in [0.25, 0.3) is 0 Å². The molecule has 0 saturated heterocycles. The van der Waals surface area contributed by atoms with E-state index in [0.29, 0.717) is 23.8 Å². The number of urea groups is 1. The van der Waals surface area contributed by atoms with Crippen molar-refractivity contribution in [2.24, 2.45) is 0 Å². The lowest BCUT2D eigenvalue weighted by Gasteiger charge is -2.06. The van der Waals surface area contributed by atoms with Gasteiger partial charge >= 0.3 is 6.03 Å². The zero-order valence-electron chi connectivity index (χ0n) is 13.4. The van der Waals surface area contributed by atoms with Crippen molar-refractivity contribution < 1.29 is 9.53 Å². The number of aromatic nitrogens is 3. The van der Waals surface area contributed by atoms with Crippen LogP contribution in [0.3, 0.4) is 0 Å². The van der Waals surface area contributed by atoms with Gasteiger partial charge in [-0.2, -0.15) is 0 Å². The van der Waals surface area contributed by atoms with Crippen LogP contribution in [0, 0.1) is 0 Å². The van der Waals surface area contributed by atoms with Gasteiger partial charge in [0.2, 0.25) is 0 Å². The van der Waals surface area contributed by atoms with Crippen molar-refractivity contribution in [3.05, 3.63) is 48.2 Å². The number of ether oxygens (including phenoxy) is 1. The van der Waals surface area contributed by atoms with Crippen LogP contribution in [0.25, 0.3) is 5.65 Å². The highest BCUT2D eigenvalue weighted by Gasteiger charge is 2.06. The summed E-state index contributed by atoms with van der Waals surface area (Å²) in [5, 5.41) is 12.8. The van der Waals surface area contributed by atoms with Crippen molar-refractivity contribution in [1.29, 1.82) is 0 Å². The van der Waals surface area contributed by atoms with Gasteiger partial charge in [-0.25, -0.2) is 14.3 Å². The van der Waals surface area contributed by atoms with Crippen molar-refractivity contribution in [2.45, 2.75) is 6.54 Å². The Labute approximate surface area is 138 Å². The number of benzene rings is 1. The second-order valence-corrected chi connectivity index (χ2v) is 5.05. The molecule has 0 radical (unpaired) electrons. The van der Waals surface area contributed by atoms with Crippen molar-refractivity contribution >= 4 is 23.3 Å². The van der Waals surface area contributed by atoms with E-state index >= 15 is 0 Å². The fourth-order valence-corrected chi connectivity index (χ4v) is 2.15. The van der Waals surface area contributed by atoms with Gasteiger partial charge in [-0.1, -0.05) is 12.1 Å². The Kier molecular flexibility index (Phi) is 4.46. The molecule has 0 atom stereocenters. The summed E-state index contributed by atoms with van der Waals surface area (Å²) >= 11 is 0. The Morgan fingerprint density at radius 3 is 2.67 bits per heavy atom. The molecule has 8 nitrogen and oxygen atoms in total. The molecule has 24 heavy (non-hydrogen) atoms. The van der Waals surface area contributed by atoms with E-state index < -0.39 is 0 Å². The first-order valence-electron chi connectivity index (χ1n) is 7.40. The number of rotatable bonds is 5. The van der Waals surface area contributed by atoms with Crippen LogP contribution in [0.2, 0.25) is 0 Å². The van der Waals surface area contributed by atoms with Crippen LogP contribution in [-0.4, -0.2) is 34.8 Å². The van der Waals surface area contributed by atoms with Crippen molar-refractivity contribution in [3.63, 3.8) is 0 Å². The van der Waals surface area contributed by atoms with E-state index in [-0.39, 0.29) is 6.03 Å². The molecule has 2 heterocycles. The lowest BCUT2D eigenvalue weighted by Crippen LogP contribution is -2.24. The minimum atomic E-state index is -0.323. The predicted octanol–water partition coefficient (Wildman–Crippen LogP) is 2.10. The normalized spacial score (nSPS) is 10.4. The second-order valence-electron chi connectivity index (χ2n) is 5.05. The molecule has 0 bridgehead atoms. The van der Waals surface area contributed by atoms with Crippen LogP contribution in [-0.2, 0) is 6.54 Å². The maximum Gasteiger partial charge on any atom is 0.320 e. The summed E-state index contributed by atoms with van der Waals surface area (Å²) in [4.78, 5) is 15.6. The third kappa shape index (κ3) is 3.54. The summed E-state index contributed by atoms with van der Waals surface area (Å²) in [7, 11) is 3.19. The molecule has 0 aliphatic rings. The molecular formula is C16H18N6O2. The number of amides is 2. The average Bonchev–Trinajstić information content (AvgIpc) is 3.01. The lowest BCUT2D eigenvalue weighted by molar-refractivity contribution is 0.254. The van der Waals surface area contributed by atoms with Crippen LogP contribution in [0.15, 0.2) is 42.6 Å². The molecule has 0 unspecified atom stereocenters. The van der Waals surface area contributed by atoms with E-state index in [4.69, 9.17) is 4.74 Å². The molecule has 0 saturated carbocycles. The quantitative estimate of drug-likeness (QED) is 0.668. The van der Waals surface area contributed by atoms with E-state index in [9.17, 15) is 4.79 Å². The number of carbonyl (C=O) groups excluding carboxylic acids is 1. The van der Waals surface area contributed by atoms with E-state index in [2.05, 4.69) is 26.0 Å². The van der Waals surface area contributed by atoms with Gasteiger partial charge < -0.3 is 15.4 Å². The maximum atomic E-state index is 11.3. The fraction of sp³-hybridized carbons (Fsp3) is 0.188. The van der Waals surface area contributed by atoms with Gasteiger partial charge in [-0.3, -0.25) is 5.32 Å². The summed E-state index contributed by atoms with van der Waals surface area (Å²) in [6.45, 7) is 0.639. The van der Waals surface area contributed by atoms with Crippen LogP contribution < -0.4 is 20.7 Å². The van der Waals surface area contributed by atoms with Gasteiger partial charge in [0.15, 0.2) is 11.5 Å². The number of nitrogens with zero attached hydrogens (tertiary/aromatic N) is 3. The standard InChI is InChI=1S/C16H18N6O2/c1-17-16(23)20-14-10-22-15(19-14)8-7-13(21-22)18-9-11-3-5-12(24-2)6-4-11/h3-8,10H,9H2,1-2H3,(H,18,21)(H2,17,20,23). The monoisotopic (exact) mass is 326 g/mol. The lowest BCUT2D eigenvalue weighted by atomic mass is 10.2. The largest absolute Gasteiger partial charge is 0.497 e. The molecule has 1 aromatic carbocycles. The van der Waals surface area contributed by atoms with Crippen LogP contribution >= 0.6 is 0 Å². The molecule has 2 amide bonds. The van der Waals surface area contributed by atoms with E-state index in [0.717, 1.165) is 11.3 Å². The van der Waals surface area contributed by atoms with E-state index in [1.54, 1.807) is 24.9 Å². The van der Waals surface area contributed by atoms with Crippen molar-refractivity contribution in [3.8, 4) is 5.75 Å². The Bertz CT molecular complexity index is 843. The SMILES string of the molecule is CNC(=O)Nc1cn2nc(NCc3ccc(OC)cc3)ccc2n1. The maximum absolute atomic E-state index is 11.3. The first-order valence-corrected chi connectivity index (χ1v) is 7.40. The molecule has 0 fully saturated rings. The minimum Gasteiger partial charge on any atom is -0.497 e. The number of anilines is 2. The second kappa shape index (κ2) is 6.86. The van der Waals surface area contributed by atoms with Gasteiger partial charge in [-0.15, -0.1) is 5.10 Å². The highest BCUT2D eigenvalue weighted by atomic mass is 16.5. The molecule has 0 aliphatic carbocycles. The van der Waals surface area contributed by atoms with Gasteiger partial charge in [-0.05, 0) is 29.8 Å².